The van der Waals surface area contributed by atoms with Crippen LogP contribution >= 0.6 is 11.6 Å². The second-order valence-corrected chi connectivity index (χ2v) is 9.52. The maximum absolute atomic E-state index is 6.14. The van der Waals surface area contributed by atoms with Gasteiger partial charge in [0.1, 0.15) is 0 Å². The van der Waals surface area contributed by atoms with Crippen molar-refractivity contribution in [1.29, 1.82) is 0 Å². The zero-order valence-electron chi connectivity index (χ0n) is 18.2. The summed E-state index contributed by atoms with van der Waals surface area (Å²) in [5.74, 6) is 4.47. The van der Waals surface area contributed by atoms with Crippen LogP contribution in [0.1, 0.15) is 91.4 Å². The topological polar surface area (TPSA) is 0 Å². The lowest BCUT2D eigenvalue weighted by Gasteiger charge is -2.53. The van der Waals surface area contributed by atoms with Gasteiger partial charge >= 0.3 is 0 Å². The van der Waals surface area contributed by atoms with Crippen molar-refractivity contribution in [2.75, 3.05) is 5.88 Å². The summed E-state index contributed by atoms with van der Waals surface area (Å²) in [5.41, 5.74) is 3.70. The number of hydrogen-bond acceptors (Lipinski definition) is 0. The molecule has 3 fully saturated rings. The minimum atomic E-state index is 0.715. The Balaban J connectivity index is 0.000000380. The molecule has 0 nitrogen and oxygen atoms in total. The van der Waals surface area contributed by atoms with E-state index in [1.807, 2.05) is 6.08 Å². The molecule has 154 valence electrons. The fourth-order valence-corrected chi connectivity index (χ4v) is 6.80. The number of hydrogen-bond donors (Lipinski definition) is 0. The van der Waals surface area contributed by atoms with Crippen LogP contribution < -0.4 is 0 Å². The van der Waals surface area contributed by atoms with E-state index >= 15 is 0 Å². The molecule has 0 aromatic rings. The van der Waals surface area contributed by atoms with Crippen LogP contribution in [0.3, 0.4) is 0 Å². The van der Waals surface area contributed by atoms with Gasteiger partial charge in [0, 0.05) is 5.88 Å². The molecule has 3 saturated carbocycles. The molecule has 0 N–H and O–H groups in total. The lowest BCUT2D eigenvalue weighted by Crippen LogP contribution is -2.44. The summed E-state index contributed by atoms with van der Waals surface area (Å²) >= 11 is 6.14. The number of rotatable bonds is 6. The Hall–Kier alpha value is -0.490. The third-order valence-electron chi connectivity index (χ3n) is 8.23. The SMILES string of the molecule is C=C(CC)CC.C=C/C=C1/CCC2C(CCC3(CC)CCCC23)C1CCCl. The maximum Gasteiger partial charge on any atom is 0.0229 e. The van der Waals surface area contributed by atoms with E-state index < -0.39 is 0 Å². The minimum absolute atomic E-state index is 0.715. The van der Waals surface area contributed by atoms with Gasteiger partial charge in [0.15, 0.2) is 0 Å². The Kier molecular flexibility index (Phi) is 9.20. The number of halogens is 1. The van der Waals surface area contributed by atoms with E-state index in [1.54, 1.807) is 5.57 Å². The van der Waals surface area contributed by atoms with E-state index in [9.17, 15) is 0 Å². The summed E-state index contributed by atoms with van der Waals surface area (Å²) in [6.45, 7) is 14.4. The van der Waals surface area contributed by atoms with Gasteiger partial charge in [-0.3, -0.25) is 0 Å². The van der Waals surface area contributed by atoms with Crippen LogP contribution in [0.2, 0.25) is 0 Å². The van der Waals surface area contributed by atoms with E-state index in [0.717, 1.165) is 42.4 Å². The molecule has 5 unspecified atom stereocenters. The predicted octanol–water partition coefficient (Wildman–Crippen LogP) is 8.72. The van der Waals surface area contributed by atoms with Crippen LogP contribution in [0.5, 0.6) is 0 Å². The zero-order chi connectivity index (χ0) is 19.9. The first kappa shape index (κ1) is 22.8. The van der Waals surface area contributed by atoms with Crippen LogP contribution in [0.4, 0.5) is 0 Å². The largest absolute Gasteiger partial charge is 0.127 e. The molecule has 0 amide bonds. The summed E-state index contributed by atoms with van der Waals surface area (Å²) in [6.07, 6.45) is 19.3. The summed E-state index contributed by atoms with van der Waals surface area (Å²) in [5, 5.41) is 0. The van der Waals surface area contributed by atoms with E-state index in [-0.39, 0.29) is 0 Å². The molecule has 3 aliphatic carbocycles. The highest BCUT2D eigenvalue weighted by Crippen LogP contribution is 2.62. The third-order valence-corrected chi connectivity index (χ3v) is 8.45. The van der Waals surface area contributed by atoms with Crippen molar-refractivity contribution in [3.05, 3.63) is 36.5 Å². The van der Waals surface area contributed by atoms with Gasteiger partial charge < -0.3 is 0 Å². The van der Waals surface area contributed by atoms with Gasteiger partial charge in [0.2, 0.25) is 0 Å². The number of allylic oxidation sites excluding steroid dienone is 4. The van der Waals surface area contributed by atoms with Gasteiger partial charge in [-0.15, -0.1) is 11.6 Å². The van der Waals surface area contributed by atoms with Gasteiger partial charge in [-0.2, -0.15) is 0 Å². The highest BCUT2D eigenvalue weighted by Gasteiger charge is 2.52. The molecular weight excluding hydrogens is 348 g/mol. The van der Waals surface area contributed by atoms with Crippen LogP contribution in [-0.4, -0.2) is 5.88 Å². The van der Waals surface area contributed by atoms with Gasteiger partial charge in [0.25, 0.3) is 0 Å². The van der Waals surface area contributed by atoms with Gasteiger partial charge in [-0.25, -0.2) is 0 Å². The van der Waals surface area contributed by atoms with Gasteiger partial charge in [-0.05, 0) is 86.9 Å². The van der Waals surface area contributed by atoms with Crippen molar-refractivity contribution in [1.82, 2.24) is 0 Å². The highest BCUT2D eigenvalue weighted by molar-refractivity contribution is 6.17. The van der Waals surface area contributed by atoms with E-state index in [2.05, 4.69) is 40.0 Å². The van der Waals surface area contributed by atoms with Crippen molar-refractivity contribution >= 4 is 11.6 Å². The fraction of sp³-hybridized carbons (Fsp3) is 0.769. The standard InChI is InChI=1S/C20H31Cl.C6H12/c1-3-6-15-8-9-18-17(16(15)11-14-21)10-13-20(4-2)12-5-7-19(18)20;1-4-6(3)5-2/h3,6,16-19H,1,4-5,7-14H2,2H3;3-5H2,1-2H3/b15-6-;. The molecule has 0 heterocycles. The molecule has 1 heteroatoms. The van der Waals surface area contributed by atoms with Crippen LogP contribution in [0, 0.1) is 29.1 Å². The van der Waals surface area contributed by atoms with E-state index in [1.165, 1.54) is 63.4 Å². The molecule has 3 aliphatic rings. The molecule has 0 aliphatic heterocycles. The molecule has 0 saturated heterocycles. The first-order valence-electron chi connectivity index (χ1n) is 11.6. The summed E-state index contributed by atoms with van der Waals surface area (Å²) in [7, 11) is 0. The number of fused-ring (bicyclic) bond motifs is 3. The average molecular weight is 391 g/mol. The molecule has 0 aromatic heterocycles. The van der Waals surface area contributed by atoms with Gasteiger partial charge in [0.05, 0.1) is 0 Å². The smallest absolute Gasteiger partial charge is 0.0229 e. The molecule has 5 atom stereocenters. The summed E-state index contributed by atoms with van der Waals surface area (Å²) in [6, 6.07) is 0. The van der Waals surface area contributed by atoms with Crippen LogP contribution in [0.15, 0.2) is 36.5 Å². The molecule has 0 radical (unpaired) electrons. The normalized spacial score (nSPS) is 36.4. The monoisotopic (exact) mass is 390 g/mol. The van der Waals surface area contributed by atoms with Crippen molar-refractivity contribution in [3.63, 3.8) is 0 Å². The first-order valence-corrected chi connectivity index (χ1v) is 12.1. The summed E-state index contributed by atoms with van der Waals surface area (Å²) < 4.78 is 0. The fourth-order valence-electron chi connectivity index (χ4n) is 6.56. The Labute approximate surface area is 174 Å². The van der Waals surface area contributed by atoms with Crippen molar-refractivity contribution < 1.29 is 0 Å². The molecule has 0 spiro atoms. The lowest BCUT2D eigenvalue weighted by molar-refractivity contribution is -0.0113. The second-order valence-electron chi connectivity index (χ2n) is 9.14. The Morgan fingerprint density at radius 2 is 1.85 bits per heavy atom. The second kappa shape index (κ2) is 10.9. The average Bonchev–Trinajstić information content (AvgIpc) is 3.14. The predicted molar refractivity (Wildman–Crippen MR) is 122 cm³/mol. The Morgan fingerprint density at radius 1 is 1.11 bits per heavy atom. The van der Waals surface area contributed by atoms with E-state index in [4.69, 9.17) is 11.6 Å². The Morgan fingerprint density at radius 3 is 2.41 bits per heavy atom. The molecule has 0 aromatic carbocycles. The third kappa shape index (κ3) is 5.11. The summed E-state index contributed by atoms with van der Waals surface area (Å²) in [4.78, 5) is 0. The number of alkyl halides is 1. The molecule has 3 rings (SSSR count). The highest BCUT2D eigenvalue weighted by atomic mass is 35.5. The van der Waals surface area contributed by atoms with E-state index in [0.29, 0.717) is 5.41 Å². The maximum atomic E-state index is 6.14. The zero-order valence-corrected chi connectivity index (χ0v) is 19.0. The minimum Gasteiger partial charge on any atom is -0.127 e. The van der Waals surface area contributed by atoms with Gasteiger partial charge in [-0.1, -0.05) is 70.1 Å². The van der Waals surface area contributed by atoms with Crippen molar-refractivity contribution in [2.45, 2.75) is 91.4 Å². The molecule has 0 bridgehead atoms. The van der Waals surface area contributed by atoms with Crippen LogP contribution in [0.25, 0.3) is 0 Å². The van der Waals surface area contributed by atoms with Crippen LogP contribution in [-0.2, 0) is 0 Å². The van der Waals surface area contributed by atoms with Crippen molar-refractivity contribution in [3.8, 4) is 0 Å². The Bertz CT molecular complexity index is 510. The molecule has 27 heavy (non-hydrogen) atoms. The first-order chi connectivity index (χ1) is 13.1. The lowest BCUT2D eigenvalue weighted by atomic mass is 9.52. The quantitative estimate of drug-likeness (QED) is 0.314. The molecular formula is C26H43Cl. The van der Waals surface area contributed by atoms with Crippen molar-refractivity contribution in [2.24, 2.45) is 29.1 Å².